The molecule has 0 bridgehead atoms. The van der Waals surface area contributed by atoms with Gasteiger partial charge in [0, 0.05) is 6.07 Å². The van der Waals surface area contributed by atoms with Crippen LogP contribution >= 0.6 is 15.9 Å². The molecule has 106 valence electrons. The fraction of sp³-hybridized carbons (Fsp3) is 0.100. The molecule has 7 nitrogen and oxygen atoms in total. The van der Waals surface area contributed by atoms with E-state index in [-0.39, 0.29) is 28.1 Å². The second-order valence-electron chi connectivity index (χ2n) is 3.48. The monoisotopic (exact) mass is 346 g/mol. The molecule has 1 aromatic carbocycles. The molecule has 0 aliphatic carbocycles. The number of halogens is 3. The summed E-state index contributed by atoms with van der Waals surface area (Å²) in [5.74, 6) is 3.83. The molecule has 0 unspecified atom stereocenters. The van der Waals surface area contributed by atoms with E-state index in [4.69, 9.17) is 10.6 Å². The molecule has 2 rings (SSSR count). The average Bonchev–Trinajstić information content (AvgIpc) is 2.44. The number of hydrazine groups is 1. The first kappa shape index (κ1) is 14.3. The number of methoxy groups -OCH3 is 1. The Morgan fingerprint density at radius 3 is 2.50 bits per heavy atom. The lowest BCUT2D eigenvalue weighted by Gasteiger charge is -2.09. The number of nitrogens with one attached hydrogen (secondary N) is 2. The van der Waals surface area contributed by atoms with Crippen LogP contribution in [-0.2, 0) is 0 Å². The van der Waals surface area contributed by atoms with Crippen molar-refractivity contribution in [2.75, 3.05) is 17.9 Å². The minimum absolute atomic E-state index is 0.0114. The number of hydrogen-bond donors (Lipinski definition) is 3. The number of aromatic nitrogens is 3. The number of nitrogens with two attached hydrogens (primary N) is 1. The van der Waals surface area contributed by atoms with Crippen LogP contribution in [-0.4, -0.2) is 22.1 Å². The zero-order chi connectivity index (χ0) is 14.7. The van der Waals surface area contributed by atoms with Gasteiger partial charge >= 0.3 is 6.01 Å². The average molecular weight is 347 g/mol. The van der Waals surface area contributed by atoms with E-state index in [2.05, 4.69) is 41.6 Å². The van der Waals surface area contributed by atoms with Crippen LogP contribution in [0, 0.1) is 11.6 Å². The summed E-state index contributed by atoms with van der Waals surface area (Å²) < 4.78 is 31.9. The van der Waals surface area contributed by atoms with Crippen LogP contribution in [0.1, 0.15) is 0 Å². The summed E-state index contributed by atoms with van der Waals surface area (Å²) in [6.07, 6.45) is 0. The Morgan fingerprint density at radius 1 is 1.15 bits per heavy atom. The Labute approximate surface area is 120 Å². The maximum Gasteiger partial charge on any atom is 0.322 e. The van der Waals surface area contributed by atoms with Gasteiger partial charge in [-0.2, -0.15) is 15.0 Å². The molecule has 0 aliphatic heterocycles. The Kier molecular flexibility index (Phi) is 4.25. The van der Waals surface area contributed by atoms with E-state index in [1.165, 1.54) is 7.11 Å². The molecule has 0 saturated carbocycles. The van der Waals surface area contributed by atoms with Gasteiger partial charge < -0.3 is 10.1 Å². The van der Waals surface area contributed by atoms with Gasteiger partial charge in [0.05, 0.1) is 17.3 Å². The van der Waals surface area contributed by atoms with Crippen molar-refractivity contribution < 1.29 is 13.5 Å². The Balaban J connectivity index is 2.36. The molecule has 0 radical (unpaired) electrons. The molecule has 1 heterocycles. The third-order valence-corrected chi connectivity index (χ3v) is 2.79. The first-order valence-electron chi connectivity index (χ1n) is 5.21. The second-order valence-corrected chi connectivity index (χ2v) is 4.34. The standard InChI is InChI=1S/C10H9BrF2N6O/c1-20-10-17-8(16-9(18-10)19-14)15-7-3-5(12)4(11)2-6(7)13/h2-3H,14H2,1H3,(H2,15,16,17,18,19). The molecule has 1 aromatic heterocycles. The van der Waals surface area contributed by atoms with Crippen LogP contribution < -0.4 is 21.3 Å². The molecule has 4 N–H and O–H groups in total. The van der Waals surface area contributed by atoms with Crippen molar-refractivity contribution in [1.29, 1.82) is 0 Å². The van der Waals surface area contributed by atoms with Crippen molar-refractivity contribution in [3.05, 3.63) is 28.2 Å². The highest BCUT2D eigenvalue weighted by Crippen LogP contribution is 2.25. The van der Waals surface area contributed by atoms with E-state index < -0.39 is 11.6 Å². The highest BCUT2D eigenvalue weighted by Gasteiger charge is 2.11. The van der Waals surface area contributed by atoms with Crippen LogP contribution in [0.25, 0.3) is 0 Å². The third kappa shape index (κ3) is 3.08. The largest absolute Gasteiger partial charge is 0.467 e. The van der Waals surface area contributed by atoms with Crippen molar-refractivity contribution in [2.24, 2.45) is 5.84 Å². The Morgan fingerprint density at radius 2 is 1.85 bits per heavy atom. The second kappa shape index (κ2) is 5.92. The molecule has 0 fully saturated rings. The van der Waals surface area contributed by atoms with E-state index in [0.29, 0.717) is 0 Å². The number of hydrogen-bond acceptors (Lipinski definition) is 7. The molecule has 0 saturated heterocycles. The first-order chi connectivity index (χ1) is 9.53. The van der Waals surface area contributed by atoms with E-state index in [1.807, 2.05) is 0 Å². The summed E-state index contributed by atoms with van der Waals surface area (Å²) in [6.45, 7) is 0. The smallest absolute Gasteiger partial charge is 0.322 e. The van der Waals surface area contributed by atoms with Crippen LogP contribution in [0.3, 0.4) is 0 Å². The van der Waals surface area contributed by atoms with E-state index in [0.717, 1.165) is 12.1 Å². The van der Waals surface area contributed by atoms with E-state index in [1.54, 1.807) is 0 Å². The summed E-state index contributed by atoms with van der Waals surface area (Å²) in [4.78, 5) is 11.4. The first-order valence-corrected chi connectivity index (χ1v) is 6.01. The van der Waals surface area contributed by atoms with Gasteiger partial charge in [-0.05, 0) is 22.0 Å². The van der Waals surface area contributed by atoms with Gasteiger partial charge in [-0.3, -0.25) is 5.43 Å². The molecular formula is C10H9BrF2N6O. The molecular weight excluding hydrogens is 338 g/mol. The summed E-state index contributed by atoms with van der Waals surface area (Å²) in [6, 6.07) is 1.91. The van der Waals surface area contributed by atoms with Gasteiger partial charge in [0.15, 0.2) is 0 Å². The zero-order valence-corrected chi connectivity index (χ0v) is 11.7. The molecule has 10 heteroatoms. The zero-order valence-electron chi connectivity index (χ0n) is 10.1. The predicted molar refractivity (Wildman–Crippen MR) is 71.5 cm³/mol. The lowest BCUT2D eigenvalue weighted by atomic mass is 10.3. The molecule has 0 amide bonds. The number of rotatable bonds is 4. The van der Waals surface area contributed by atoms with Gasteiger partial charge in [0.2, 0.25) is 11.9 Å². The van der Waals surface area contributed by atoms with Gasteiger partial charge in [-0.15, -0.1) is 0 Å². The highest BCUT2D eigenvalue weighted by molar-refractivity contribution is 9.10. The van der Waals surface area contributed by atoms with Gasteiger partial charge in [-0.25, -0.2) is 14.6 Å². The number of nitrogens with zero attached hydrogens (tertiary/aromatic N) is 3. The van der Waals surface area contributed by atoms with Gasteiger partial charge in [0.25, 0.3) is 0 Å². The van der Waals surface area contributed by atoms with Crippen molar-refractivity contribution in [3.8, 4) is 6.01 Å². The Hall–Kier alpha value is -2.07. The van der Waals surface area contributed by atoms with Crippen molar-refractivity contribution >= 4 is 33.5 Å². The Bertz CT molecular complexity index is 619. The number of anilines is 3. The van der Waals surface area contributed by atoms with Gasteiger partial charge in [0.1, 0.15) is 11.6 Å². The van der Waals surface area contributed by atoms with Gasteiger partial charge in [-0.1, -0.05) is 0 Å². The normalized spacial score (nSPS) is 10.2. The summed E-state index contributed by atoms with van der Waals surface area (Å²) in [5.41, 5.74) is 2.07. The topological polar surface area (TPSA) is 98.0 Å². The van der Waals surface area contributed by atoms with E-state index >= 15 is 0 Å². The fourth-order valence-corrected chi connectivity index (χ4v) is 1.62. The van der Waals surface area contributed by atoms with Crippen LogP contribution in [0.5, 0.6) is 6.01 Å². The van der Waals surface area contributed by atoms with Crippen molar-refractivity contribution in [1.82, 2.24) is 15.0 Å². The molecule has 2 aromatic rings. The van der Waals surface area contributed by atoms with E-state index in [9.17, 15) is 8.78 Å². The molecule has 0 spiro atoms. The molecule has 0 atom stereocenters. The highest BCUT2D eigenvalue weighted by atomic mass is 79.9. The molecule has 20 heavy (non-hydrogen) atoms. The maximum atomic E-state index is 13.7. The number of nitrogen functional groups attached to an aromatic ring is 1. The van der Waals surface area contributed by atoms with Crippen LogP contribution in [0.2, 0.25) is 0 Å². The summed E-state index contributed by atoms with van der Waals surface area (Å²) >= 11 is 2.88. The number of ether oxygens (including phenoxy) is 1. The number of benzene rings is 1. The summed E-state index contributed by atoms with van der Waals surface area (Å²) in [7, 11) is 1.35. The van der Waals surface area contributed by atoms with Crippen molar-refractivity contribution in [2.45, 2.75) is 0 Å². The maximum absolute atomic E-state index is 13.7. The summed E-state index contributed by atoms with van der Waals surface area (Å²) in [5, 5.41) is 2.52. The quantitative estimate of drug-likeness (QED) is 0.442. The fourth-order valence-electron chi connectivity index (χ4n) is 1.31. The lowest BCUT2D eigenvalue weighted by Crippen LogP contribution is -2.13. The van der Waals surface area contributed by atoms with Crippen molar-refractivity contribution in [3.63, 3.8) is 0 Å². The minimum atomic E-state index is -0.681. The third-order valence-electron chi connectivity index (χ3n) is 2.18. The molecule has 0 aliphatic rings. The van der Waals surface area contributed by atoms with Crippen LogP contribution in [0.4, 0.5) is 26.4 Å². The lowest BCUT2D eigenvalue weighted by molar-refractivity contribution is 0.379. The predicted octanol–water partition coefficient (Wildman–Crippen LogP) is 1.95. The SMILES string of the molecule is COc1nc(NN)nc(Nc2cc(F)c(Br)cc2F)n1. The minimum Gasteiger partial charge on any atom is -0.467 e. The van der Waals surface area contributed by atoms with Crippen LogP contribution in [0.15, 0.2) is 16.6 Å².